The summed E-state index contributed by atoms with van der Waals surface area (Å²) in [6, 6.07) is -0.546. The first-order chi connectivity index (χ1) is 8.58. The van der Waals surface area contributed by atoms with E-state index in [4.69, 9.17) is 0 Å². The smallest absolute Gasteiger partial charge is 0.359 e. The quantitative estimate of drug-likeness (QED) is 0.492. The number of hydrogen-bond donors (Lipinski definition) is 2. The Morgan fingerprint density at radius 3 is 1.72 bits per heavy atom. The lowest BCUT2D eigenvalue weighted by Gasteiger charge is -2.07. The van der Waals surface area contributed by atoms with Gasteiger partial charge < -0.3 is 9.47 Å². The monoisotopic (exact) mass is 256 g/mol. The molecule has 1 saturated heterocycles. The largest absolute Gasteiger partial charge is 0.466 e. The average Bonchev–Trinajstić information content (AvgIpc) is 2.74. The average molecular weight is 256 g/mol. The molecule has 2 amide bonds. The fourth-order valence-corrected chi connectivity index (χ4v) is 0.928. The Morgan fingerprint density at radius 1 is 1.00 bits per heavy atom. The highest BCUT2D eigenvalue weighted by atomic mass is 16.5. The van der Waals surface area contributed by atoms with E-state index in [1.54, 1.807) is 0 Å². The van der Waals surface area contributed by atoms with E-state index in [-0.39, 0.29) is 0 Å². The number of nitrogens with one attached hydrogen (secondary N) is 2. The lowest BCUT2D eigenvalue weighted by atomic mass is 10.6. The van der Waals surface area contributed by atoms with Crippen molar-refractivity contribution in [1.82, 2.24) is 21.1 Å². The van der Waals surface area contributed by atoms with Crippen LogP contribution in [-0.4, -0.2) is 42.2 Å². The second kappa shape index (κ2) is 6.37. The van der Waals surface area contributed by atoms with Crippen LogP contribution in [0.2, 0.25) is 0 Å². The number of esters is 2. The molecule has 9 nitrogen and oxygen atoms in total. The number of hydrazine groups is 3. The molecule has 0 aliphatic carbocycles. The van der Waals surface area contributed by atoms with Gasteiger partial charge in [0.15, 0.2) is 0 Å². The SMILES string of the molecule is COC(=O)/C=C/N1NNN(/C=C/C(=O)OC)C1=O. The van der Waals surface area contributed by atoms with E-state index < -0.39 is 18.0 Å². The number of amides is 2. The molecule has 0 aromatic rings. The fraction of sp³-hybridized carbons (Fsp3) is 0.222. The zero-order chi connectivity index (χ0) is 13.5. The van der Waals surface area contributed by atoms with Gasteiger partial charge >= 0.3 is 18.0 Å². The number of ether oxygens (including phenoxy) is 2. The Labute approximate surface area is 103 Å². The van der Waals surface area contributed by atoms with E-state index in [0.717, 1.165) is 22.2 Å². The summed E-state index contributed by atoms with van der Waals surface area (Å²) >= 11 is 0. The molecule has 1 heterocycles. The summed E-state index contributed by atoms with van der Waals surface area (Å²) in [4.78, 5) is 33.3. The zero-order valence-corrected chi connectivity index (χ0v) is 9.75. The van der Waals surface area contributed by atoms with Crippen molar-refractivity contribution in [3.8, 4) is 0 Å². The maximum Gasteiger partial charge on any atom is 0.359 e. The summed E-state index contributed by atoms with van der Waals surface area (Å²) in [5.41, 5.74) is 4.88. The molecule has 0 unspecified atom stereocenters. The fourth-order valence-electron chi connectivity index (χ4n) is 0.928. The van der Waals surface area contributed by atoms with Crippen LogP contribution in [0.1, 0.15) is 0 Å². The third-order valence-corrected chi connectivity index (χ3v) is 1.82. The Hall–Kier alpha value is -2.39. The van der Waals surface area contributed by atoms with Crippen molar-refractivity contribution >= 4 is 18.0 Å². The summed E-state index contributed by atoms with van der Waals surface area (Å²) in [5, 5.41) is 1.97. The number of carbonyl (C=O) groups excluding carboxylic acids is 3. The van der Waals surface area contributed by atoms with Crippen LogP contribution in [0.15, 0.2) is 24.6 Å². The summed E-state index contributed by atoms with van der Waals surface area (Å²) in [6.07, 6.45) is 4.46. The minimum Gasteiger partial charge on any atom is -0.466 e. The van der Waals surface area contributed by atoms with Gasteiger partial charge in [-0.15, -0.1) is 11.1 Å². The molecule has 0 atom stereocenters. The normalized spacial score (nSPS) is 15.8. The van der Waals surface area contributed by atoms with Crippen LogP contribution in [0.4, 0.5) is 4.79 Å². The molecule has 0 aromatic heterocycles. The van der Waals surface area contributed by atoms with Crippen LogP contribution in [0, 0.1) is 0 Å². The molecule has 1 aliphatic heterocycles. The van der Waals surface area contributed by atoms with E-state index in [0.29, 0.717) is 0 Å². The van der Waals surface area contributed by atoms with Crippen molar-refractivity contribution in [3.05, 3.63) is 24.6 Å². The topological polar surface area (TPSA) is 100 Å². The maximum absolute atomic E-state index is 11.6. The third kappa shape index (κ3) is 3.57. The summed E-state index contributed by atoms with van der Waals surface area (Å²) in [7, 11) is 2.44. The van der Waals surface area contributed by atoms with Gasteiger partial charge in [-0.25, -0.2) is 24.4 Å². The predicted molar refractivity (Wildman–Crippen MR) is 57.7 cm³/mol. The Kier molecular flexibility index (Phi) is 4.84. The van der Waals surface area contributed by atoms with E-state index in [9.17, 15) is 14.4 Å². The van der Waals surface area contributed by atoms with Gasteiger partial charge in [0.2, 0.25) is 0 Å². The predicted octanol–water partition coefficient (Wildman–Crippen LogP) is -0.978. The third-order valence-electron chi connectivity index (χ3n) is 1.82. The highest BCUT2D eigenvalue weighted by Crippen LogP contribution is 2.01. The van der Waals surface area contributed by atoms with Gasteiger partial charge in [-0.3, -0.25) is 0 Å². The highest BCUT2D eigenvalue weighted by molar-refractivity contribution is 5.85. The molecular formula is C9H12N4O5. The summed E-state index contributed by atoms with van der Waals surface area (Å²) < 4.78 is 8.73. The molecule has 2 N–H and O–H groups in total. The van der Waals surface area contributed by atoms with Crippen molar-refractivity contribution < 1.29 is 23.9 Å². The van der Waals surface area contributed by atoms with Gasteiger partial charge in [-0.1, -0.05) is 0 Å². The lowest BCUT2D eigenvalue weighted by molar-refractivity contribution is -0.135. The van der Waals surface area contributed by atoms with Gasteiger partial charge in [0.25, 0.3) is 0 Å². The number of urea groups is 1. The standard InChI is InChI=1S/C9H12N4O5/c1-17-7(14)3-5-12-9(16)13(11-10-12)6-4-8(15)18-2/h3-6,10-11H,1-2H3/b5-3+,6-4+. The molecule has 0 saturated carbocycles. The van der Waals surface area contributed by atoms with Gasteiger partial charge in [0.05, 0.1) is 14.2 Å². The van der Waals surface area contributed by atoms with Crippen LogP contribution in [-0.2, 0) is 19.1 Å². The molecule has 0 bridgehead atoms. The van der Waals surface area contributed by atoms with Crippen LogP contribution < -0.4 is 11.1 Å². The highest BCUT2D eigenvalue weighted by Gasteiger charge is 2.25. The first-order valence-corrected chi connectivity index (χ1v) is 4.74. The summed E-state index contributed by atoms with van der Waals surface area (Å²) in [5.74, 6) is -1.21. The number of nitrogens with zero attached hydrogens (tertiary/aromatic N) is 2. The van der Waals surface area contributed by atoms with Crippen molar-refractivity contribution in [1.29, 1.82) is 0 Å². The Morgan fingerprint density at radius 2 is 1.39 bits per heavy atom. The van der Waals surface area contributed by atoms with Crippen LogP contribution in [0.3, 0.4) is 0 Å². The van der Waals surface area contributed by atoms with Gasteiger partial charge in [0.1, 0.15) is 0 Å². The van der Waals surface area contributed by atoms with Crippen molar-refractivity contribution in [2.24, 2.45) is 0 Å². The molecule has 98 valence electrons. The molecule has 18 heavy (non-hydrogen) atoms. The molecular weight excluding hydrogens is 244 g/mol. The molecule has 1 aliphatic rings. The second-order valence-corrected chi connectivity index (χ2v) is 2.92. The van der Waals surface area contributed by atoms with Crippen molar-refractivity contribution in [2.75, 3.05) is 14.2 Å². The first kappa shape index (κ1) is 13.7. The Balaban J connectivity index is 2.57. The van der Waals surface area contributed by atoms with Crippen molar-refractivity contribution in [2.45, 2.75) is 0 Å². The van der Waals surface area contributed by atoms with E-state index in [2.05, 4.69) is 20.5 Å². The summed E-state index contributed by atoms with van der Waals surface area (Å²) in [6.45, 7) is 0. The van der Waals surface area contributed by atoms with E-state index in [1.165, 1.54) is 26.6 Å². The van der Waals surface area contributed by atoms with E-state index in [1.807, 2.05) is 0 Å². The maximum atomic E-state index is 11.6. The molecule has 0 aromatic carbocycles. The van der Waals surface area contributed by atoms with Crippen LogP contribution >= 0.6 is 0 Å². The molecule has 0 spiro atoms. The number of methoxy groups -OCH3 is 2. The Bertz CT molecular complexity index is 370. The molecule has 1 fully saturated rings. The van der Waals surface area contributed by atoms with E-state index >= 15 is 0 Å². The number of carbonyl (C=O) groups is 3. The number of rotatable bonds is 4. The molecule has 0 radical (unpaired) electrons. The minimum atomic E-state index is -0.604. The lowest BCUT2D eigenvalue weighted by Crippen LogP contribution is -2.34. The van der Waals surface area contributed by atoms with Crippen molar-refractivity contribution in [3.63, 3.8) is 0 Å². The second-order valence-electron chi connectivity index (χ2n) is 2.92. The van der Waals surface area contributed by atoms with Crippen LogP contribution in [0.25, 0.3) is 0 Å². The number of hydrogen-bond acceptors (Lipinski definition) is 7. The van der Waals surface area contributed by atoms with Gasteiger partial charge in [-0.05, 0) is 0 Å². The zero-order valence-electron chi connectivity index (χ0n) is 9.75. The van der Waals surface area contributed by atoms with Gasteiger partial charge in [-0.2, -0.15) is 0 Å². The minimum absolute atomic E-state index is 0.546. The van der Waals surface area contributed by atoms with Gasteiger partial charge in [0, 0.05) is 24.6 Å². The first-order valence-electron chi connectivity index (χ1n) is 4.74. The molecule has 1 rings (SSSR count). The van der Waals surface area contributed by atoms with Crippen LogP contribution in [0.5, 0.6) is 0 Å². The molecule has 9 heteroatoms.